The summed E-state index contributed by atoms with van der Waals surface area (Å²) in [5.74, 6) is 0.699. The molecule has 3 heterocycles. The van der Waals surface area contributed by atoms with Gasteiger partial charge in [-0.05, 0) is 43.4 Å². The van der Waals surface area contributed by atoms with E-state index in [1.807, 2.05) is 18.2 Å². The third-order valence-electron chi connectivity index (χ3n) is 3.95. The highest BCUT2D eigenvalue weighted by Gasteiger charge is 2.19. The molecule has 4 nitrogen and oxygen atoms in total. The van der Waals surface area contributed by atoms with Crippen LogP contribution in [0.15, 0.2) is 29.2 Å². The Labute approximate surface area is 125 Å². The first-order chi connectivity index (χ1) is 10.3. The van der Waals surface area contributed by atoms with E-state index in [1.54, 1.807) is 17.5 Å². The minimum atomic E-state index is 0.00494. The summed E-state index contributed by atoms with van der Waals surface area (Å²) >= 11 is 1.69. The molecular formula is C16H15N3OS. The van der Waals surface area contributed by atoms with E-state index in [0.717, 1.165) is 28.8 Å². The lowest BCUT2D eigenvalue weighted by Gasteiger charge is -2.09. The number of nitrogens with zero attached hydrogens (tertiary/aromatic N) is 2. The summed E-state index contributed by atoms with van der Waals surface area (Å²) in [5, 5.41) is 0.819. The highest BCUT2D eigenvalue weighted by molar-refractivity contribution is 7.18. The number of aromatic amines is 1. The SMILES string of the molecule is O=c1[nH]c(Cc2ccccn2)nc2sc3c(c12)CCCC3. The monoisotopic (exact) mass is 297 g/mol. The minimum Gasteiger partial charge on any atom is -0.310 e. The molecule has 0 bridgehead atoms. The van der Waals surface area contributed by atoms with E-state index in [4.69, 9.17) is 0 Å². The van der Waals surface area contributed by atoms with Gasteiger partial charge in [-0.15, -0.1) is 11.3 Å². The zero-order chi connectivity index (χ0) is 14.2. The van der Waals surface area contributed by atoms with Gasteiger partial charge in [-0.3, -0.25) is 9.78 Å². The summed E-state index contributed by atoms with van der Waals surface area (Å²) < 4.78 is 0. The van der Waals surface area contributed by atoms with Crippen LogP contribution in [0.4, 0.5) is 0 Å². The number of fused-ring (bicyclic) bond motifs is 3. The Bertz CT molecular complexity index is 851. The summed E-state index contributed by atoms with van der Waals surface area (Å²) in [6.07, 6.45) is 6.82. The summed E-state index contributed by atoms with van der Waals surface area (Å²) in [5.41, 5.74) is 2.16. The van der Waals surface area contributed by atoms with Crippen molar-refractivity contribution < 1.29 is 0 Å². The van der Waals surface area contributed by atoms with Crippen molar-refractivity contribution in [3.05, 3.63) is 56.7 Å². The van der Waals surface area contributed by atoms with Crippen molar-refractivity contribution in [3.8, 4) is 0 Å². The molecule has 1 aliphatic carbocycles. The topological polar surface area (TPSA) is 58.6 Å². The van der Waals surface area contributed by atoms with E-state index in [9.17, 15) is 4.79 Å². The van der Waals surface area contributed by atoms with Crippen molar-refractivity contribution in [1.29, 1.82) is 0 Å². The van der Waals surface area contributed by atoms with Crippen molar-refractivity contribution in [3.63, 3.8) is 0 Å². The number of pyridine rings is 1. The number of aryl methyl sites for hydroxylation is 2. The molecule has 0 radical (unpaired) electrons. The van der Waals surface area contributed by atoms with Gasteiger partial charge in [0.05, 0.1) is 5.39 Å². The van der Waals surface area contributed by atoms with Crippen LogP contribution in [0.2, 0.25) is 0 Å². The fourth-order valence-electron chi connectivity index (χ4n) is 2.97. The van der Waals surface area contributed by atoms with Gasteiger partial charge in [0.1, 0.15) is 10.7 Å². The Morgan fingerprint density at radius 1 is 1.24 bits per heavy atom. The second-order valence-electron chi connectivity index (χ2n) is 5.40. The Morgan fingerprint density at radius 3 is 3.00 bits per heavy atom. The average Bonchev–Trinajstić information content (AvgIpc) is 2.87. The molecule has 0 spiro atoms. The van der Waals surface area contributed by atoms with E-state index in [0.29, 0.717) is 12.2 Å². The summed E-state index contributed by atoms with van der Waals surface area (Å²) in [7, 11) is 0. The van der Waals surface area contributed by atoms with Gasteiger partial charge >= 0.3 is 0 Å². The molecule has 5 heteroatoms. The van der Waals surface area contributed by atoms with E-state index < -0.39 is 0 Å². The fraction of sp³-hybridized carbons (Fsp3) is 0.312. The molecule has 0 saturated heterocycles. The van der Waals surface area contributed by atoms with Gasteiger partial charge in [0.15, 0.2) is 0 Å². The van der Waals surface area contributed by atoms with Crippen molar-refractivity contribution in [2.75, 3.05) is 0 Å². The zero-order valence-corrected chi connectivity index (χ0v) is 12.4. The second kappa shape index (κ2) is 5.07. The molecule has 1 N–H and O–H groups in total. The van der Waals surface area contributed by atoms with Crippen molar-refractivity contribution in [1.82, 2.24) is 15.0 Å². The molecule has 3 aromatic heterocycles. The molecule has 21 heavy (non-hydrogen) atoms. The van der Waals surface area contributed by atoms with Gasteiger partial charge in [0, 0.05) is 23.2 Å². The van der Waals surface area contributed by atoms with Gasteiger partial charge in [0.25, 0.3) is 5.56 Å². The predicted octanol–water partition coefficient (Wildman–Crippen LogP) is 2.85. The highest BCUT2D eigenvalue weighted by Crippen LogP contribution is 2.33. The summed E-state index contributed by atoms with van der Waals surface area (Å²) in [6.45, 7) is 0. The van der Waals surface area contributed by atoms with Crippen LogP contribution < -0.4 is 5.56 Å². The normalized spacial score (nSPS) is 14.3. The van der Waals surface area contributed by atoms with E-state index in [-0.39, 0.29) is 5.56 Å². The van der Waals surface area contributed by atoms with E-state index in [2.05, 4.69) is 15.0 Å². The van der Waals surface area contributed by atoms with Crippen LogP contribution in [0, 0.1) is 0 Å². The van der Waals surface area contributed by atoms with Crippen molar-refractivity contribution in [2.24, 2.45) is 0 Å². The Morgan fingerprint density at radius 2 is 2.14 bits per heavy atom. The molecular weight excluding hydrogens is 282 g/mol. The van der Waals surface area contributed by atoms with Gasteiger partial charge in [-0.1, -0.05) is 6.07 Å². The number of hydrogen-bond donors (Lipinski definition) is 1. The molecule has 0 aromatic carbocycles. The maximum absolute atomic E-state index is 12.4. The van der Waals surface area contributed by atoms with Crippen LogP contribution in [0.1, 0.15) is 34.8 Å². The fourth-order valence-corrected chi connectivity index (χ4v) is 4.25. The lowest BCUT2D eigenvalue weighted by Crippen LogP contribution is -2.13. The number of hydrogen-bond acceptors (Lipinski definition) is 4. The average molecular weight is 297 g/mol. The van der Waals surface area contributed by atoms with Gasteiger partial charge in [-0.2, -0.15) is 0 Å². The minimum absolute atomic E-state index is 0.00494. The smallest absolute Gasteiger partial charge is 0.259 e. The standard InChI is InChI=1S/C16H15N3OS/c20-15-14-11-6-1-2-7-12(11)21-16(14)19-13(18-15)9-10-5-3-4-8-17-10/h3-5,8H,1-2,6-7,9H2,(H,18,19,20). The molecule has 106 valence electrons. The van der Waals surface area contributed by atoms with Crippen molar-refractivity contribution in [2.45, 2.75) is 32.1 Å². The lowest BCUT2D eigenvalue weighted by molar-refractivity contribution is 0.700. The third-order valence-corrected chi connectivity index (χ3v) is 5.13. The predicted molar refractivity (Wildman–Crippen MR) is 83.9 cm³/mol. The van der Waals surface area contributed by atoms with Crippen LogP contribution in [-0.4, -0.2) is 15.0 Å². The molecule has 0 saturated carbocycles. The number of H-pyrrole nitrogens is 1. The molecule has 0 aliphatic heterocycles. The summed E-state index contributed by atoms with van der Waals surface area (Å²) in [6, 6.07) is 5.78. The quantitative estimate of drug-likeness (QED) is 0.791. The van der Waals surface area contributed by atoms with E-state index >= 15 is 0 Å². The number of rotatable bonds is 2. The number of thiophene rings is 1. The van der Waals surface area contributed by atoms with Crippen LogP contribution in [0.3, 0.4) is 0 Å². The summed E-state index contributed by atoms with van der Waals surface area (Å²) in [4.78, 5) is 26.5. The number of nitrogens with one attached hydrogen (secondary N) is 1. The molecule has 0 fully saturated rings. The maximum atomic E-state index is 12.4. The van der Waals surface area contributed by atoms with Crippen LogP contribution >= 0.6 is 11.3 Å². The molecule has 0 atom stereocenters. The second-order valence-corrected chi connectivity index (χ2v) is 6.49. The van der Waals surface area contributed by atoms with Crippen LogP contribution in [-0.2, 0) is 19.3 Å². The molecule has 1 aliphatic rings. The molecule has 3 aromatic rings. The molecule has 0 unspecified atom stereocenters. The van der Waals surface area contributed by atoms with Crippen molar-refractivity contribution >= 4 is 21.6 Å². The van der Waals surface area contributed by atoms with Crippen LogP contribution in [0.5, 0.6) is 0 Å². The maximum Gasteiger partial charge on any atom is 0.259 e. The zero-order valence-electron chi connectivity index (χ0n) is 11.6. The third kappa shape index (κ3) is 2.27. The Hall–Kier alpha value is -2.01. The van der Waals surface area contributed by atoms with Gasteiger partial charge in [0.2, 0.25) is 0 Å². The first-order valence-electron chi connectivity index (χ1n) is 7.24. The Kier molecular flexibility index (Phi) is 3.07. The first-order valence-corrected chi connectivity index (χ1v) is 8.06. The highest BCUT2D eigenvalue weighted by atomic mass is 32.1. The lowest BCUT2D eigenvalue weighted by atomic mass is 9.97. The van der Waals surface area contributed by atoms with Gasteiger partial charge < -0.3 is 4.98 Å². The first kappa shape index (κ1) is 12.7. The Balaban J connectivity index is 1.81. The molecule has 4 rings (SSSR count). The largest absolute Gasteiger partial charge is 0.310 e. The van der Waals surface area contributed by atoms with E-state index in [1.165, 1.54) is 23.3 Å². The number of aromatic nitrogens is 3. The van der Waals surface area contributed by atoms with Gasteiger partial charge in [-0.25, -0.2) is 4.98 Å². The molecule has 0 amide bonds. The van der Waals surface area contributed by atoms with Crippen LogP contribution in [0.25, 0.3) is 10.2 Å².